The molecule has 0 aromatic rings. The van der Waals surface area contributed by atoms with Crippen LogP contribution in [0, 0.1) is 0 Å². The number of nitrogens with zero attached hydrogens (tertiary/aromatic N) is 1. The fourth-order valence-electron chi connectivity index (χ4n) is 3.45. The van der Waals surface area contributed by atoms with Gasteiger partial charge in [-0.15, -0.1) is 0 Å². The van der Waals surface area contributed by atoms with Crippen molar-refractivity contribution in [1.29, 1.82) is 0 Å². The summed E-state index contributed by atoms with van der Waals surface area (Å²) in [6.07, 6.45) is 28.0. The molecule has 2 N–H and O–H groups in total. The van der Waals surface area contributed by atoms with Crippen molar-refractivity contribution < 1.29 is 5.11 Å². The van der Waals surface area contributed by atoms with Gasteiger partial charge in [0.25, 0.3) is 0 Å². The second-order valence-corrected chi connectivity index (χ2v) is 7.33. The molecule has 0 saturated heterocycles. The number of nitrogens with one attached hydrogen (secondary N) is 1. The van der Waals surface area contributed by atoms with Gasteiger partial charge in [-0.05, 0) is 38.5 Å². The lowest BCUT2D eigenvalue weighted by molar-refractivity contribution is 0.194. The molecule has 146 valence electrons. The van der Waals surface area contributed by atoms with Crippen LogP contribution in [0.25, 0.3) is 0 Å². The Kier molecular flexibility index (Phi) is 14.6. The van der Waals surface area contributed by atoms with Gasteiger partial charge in [0.2, 0.25) is 0 Å². The van der Waals surface area contributed by atoms with E-state index in [-0.39, 0.29) is 6.61 Å². The van der Waals surface area contributed by atoms with Crippen LogP contribution < -0.4 is 5.32 Å². The minimum Gasteiger partial charge on any atom is -0.395 e. The molecule has 25 heavy (non-hydrogen) atoms. The van der Waals surface area contributed by atoms with E-state index in [0.717, 1.165) is 6.54 Å². The summed E-state index contributed by atoms with van der Waals surface area (Å²) in [5.41, 5.74) is 0. The Morgan fingerprint density at radius 1 is 0.880 bits per heavy atom. The normalized spacial score (nSPS) is 16.9. The smallest absolute Gasteiger partial charge is 0.0982 e. The van der Waals surface area contributed by atoms with Crippen molar-refractivity contribution in [3.8, 4) is 0 Å². The van der Waals surface area contributed by atoms with Gasteiger partial charge in [0.05, 0.1) is 12.8 Å². The third kappa shape index (κ3) is 12.1. The summed E-state index contributed by atoms with van der Waals surface area (Å²) < 4.78 is 0. The van der Waals surface area contributed by atoms with Crippen molar-refractivity contribution >= 4 is 0 Å². The van der Waals surface area contributed by atoms with Crippen LogP contribution in [-0.4, -0.2) is 29.3 Å². The van der Waals surface area contributed by atoms with Gasteiger partial charge in [-0.1, -0.05) is 70.4 Å². The first-order valence-electron chi connectivity index (χ1n) is 10.8. The minimum atomic E-state index is 0.230. The summed E-state index contributed by atoms with van der Waals surface area (Å²) >= 11 is 0. The monoisotopic (exact) mass is 350 g/mol. The topological polar surface area (TPSA) is 35.5 Å². The summed E-state index contributed by atoms with van der Waals surface area (Å²) in [5, 5.41) is 12.4. The largest absolute Gasteiger partial charge is 0.395 e. The van der Waals surface area contributed by atoms with Gasteiger partial charge in [0.1, 0.15) is 0 Å². The molecule has 0 amide bonds. The van der Waals surface area contributed by atoms with Crippen LogP contribution in [0.2, 0.25) is 0 Å². The number of aliphatic hydroxyl groups excluding tert-OH is 1. The average Bonchev–Trinajstić information content (AvgIpc) is 3.06. The number of aliphatic hydroxyl groups is 1. The van der Waals surface area contributed by atoms with Gasteiger partial charge < -0.3 is 15.3 Å². The quantitative estimate of drug-likeness (QED) is 0.260. The van der Waals surface area contributed by atoms with E-state index in [1.54, 1.807) is 0 Å². The number of allylic oxidation sites excluding steroid dienone is 2. The van der Waals surface area contributed by atoms with E-state index in [4.69, 9.17) is 5.11 Å². The predicted octanol–water partition coefficient (Wildman–Crippen LogP) is 5.72. The molecular weight excluding hydrogens is 308 g/mol. The van der Waals surface area contributed by atoms with Crippen molar-refractivity contribution in [3.05, 3.63) is 24.6 Å². The molecule has 0 saturated carbocycles. The highest BCUT2D eigenvalue weighted by Gasteiger charge is 2.16. The van der Waals surface area contributed by atoms with E-state index in [2.05, 4.69) is 35.5 Å². The summed E-state index contributed by atoms with van der Waals surface area (Å²) in [4.78, 5) is 2.20. The average molecular weight is 351 g/mol. The van der Waals surface area contributed by atoms with Crippen LogP contribution in [-0.2, 0) is 0 Å². The molecule has 1 heterocycles. The molecular formula is C22H42N2O. The molecule has 1 aliphatic heterocycles. The molecule has 1 unspecified atom stereocenters. The first kappa shape index (κ1) is 22.1. The van der Waals surface area contributed by atoms with Gasteiger partial charge in [-0.25, -0.2) is 0 Å². The molecule has 1 atom stereocenters. The number of hydrogen-bond donors (Lipinski definition) is 2. The van der Waals surface area contributed by atoms with Crippen LogP contribution in [0.5, 0.6) is 0 Å². The van der Waals surface area contributed by atoms with Gasteiger partial charge in [0.15, 0.2) is 0 Å². The summed E-state index contributed by atoms with van der Waals surface area (Å²) in [7, 11) is 0. The minimum absolute atomic E-state index is 0.230. The highest BCUT2D eigenvalue weighted by atomic mass is 16.3. The van der Waals surface area contributed by atoms with Gasteiger partial charge in [0, 0.05) is 18.9 Å². The van der Waals surface area contributed by atoms with Gasteiger partial charge in [-0.3, -0.25) is 0 Å². The second kappa shape index (κ2) is 16.5. The van der Waals surface area contributed by atoms with E-state index in [0.29, 0.717) is 6.17 Å². The molecule has 0 aromatic heterocycles. The SMILES string of the molecule is CCCCCCCCC/C=C/CCCCCCC1NC=CN1CCO. The number of β-amino-alcohol motifs (C(OH)–C–C–N with tert-alkyl or cyclic N) is 1. The molecule has 0 fully saturated rings. The standard InChI is InChI=1S/C22H42N2O/c1-2-3-4-5-6-7-8-9-10-11-12-13-14-15-16-17-22-23-18-19-24(22)20-21-25/h10-11,18-19,22-23,25H,2-9,12-17,20-21H2,1H3/b11-10+. The highest BCUT2D eigenvalue weighted by Crippen LogP contribution is 2.14. The number of hydrogen-bond acceptors (Lipinski definition) is 3. The molecule has 3 heteroatoms. The van der Waals surface area contributed by atoms with Gasteiger partial charge in [-0.2, -0.15) is 0 Å². The van der Waals surface area contributed by atoms with Crippen molar-refractivity contribution in [2.75, 3.05) is 13.2 Å². The van der Waals surface area contributed by atoms with Crippen molar-refractivity contribution in [2.24, 2.45) is 0 Å². The van der Waals surface area contributed by atoms with Crippen LogP contribution in [0.3, 0.4) is 0 Å². The molecule has 3 nitrogen and oxygen atoms in total. The number of rotatable bonds is 17. The maximum atomic E-state index is 9.04. The van der Waals surface area contributed by atoms with Gasteiger partial charge >= 0.3 is 0 Å². The summed E-state index contributed by atoms with van der Waals surface area (Å²) in [5.74, 6) is 0. The predicted molar refractivity (Wildman–Crippen MR) is 109 cm³/mol. The Labute approximate surface area is 156 Å². The summed E-state index contributed by atoms with van der Waals surface area (Å²) in [6.45, 7) is 3.24. The lowest BCUT2D eigenvalue weighted by Gasteiger charge is -2.24. The van der Waals surface area contributed by atoms with E-state index in [9.17, 15) is 0 Å². The lowest BCUT2D eigenvalue weighted by atomic mass is 10.1. The third-order valence-corrected chi connectivity index (χ3v) is 5.05. The van der Waals surface area contributed by atoms with Crippen LogP contribution in [0.4, 0.5) is 0 Å². The van der Waals surface area contributed by atoms with Crippen LogP contribution in [0.15, 0.2) is 24.6 Å². The van der Waals surface area contributed by atoms with E-state index < -0.39 is 0 Å². The van der Waals surface area contributed by atoms with Crippen molar-refractivity contribution in [2.45, 2.75) is 103 Å². The lowest BCUT2D eigenvalue weighted by Crippen LogP contribution is -2.36. The maximum absolute atomic E-state index is 9.04. The molecule has 0 spiro atoms. The Hall–Kier alpha value is -0.960. The molecule has 0 aliphatic carbocycles. The van der Waals surface area contributed by atoms with Crippen molar-refractivity contribution in [1.82, 2.24) is 10.2 Å². The first-order valence-corrected chi connectivity index (χ1v) is 10.8. The van der Waals surface area contributed by atoms with Crippen molar-refractivity contribution in [3.63, 3.8) is 0 Å². The zero-order valence-corrected chi connectivity index (χ0v) is 16.6. The third-order valence-electron chi connectivity index (χ3n) is 5.05. The zero-order valence-electron chi connectivity index (χ0n) is 16.6. The molecule has 0 aromatic carbocycles. The molecule has 1 aliphatic rings. The molecule has 0 radical (unpaired) electrons. The van der Waals surface area contributed by atoms with E-state index in [1.807, 2.05) is 6.20 Å². The molecule has 1 rings (SSSR count). The Bertz CT molecular complexity index is 341. The fraction of sp³-hybridized carbons (Fsp3) is 0.818. The Morgan fingerprint density at radius 3 is 2.12 bits per heavy atom. The summed E-state index contributed by atoms with van der Waals surface area (Å²) in [6, 6.07) is 0. The van der Waals surface area contributed by atoms with Crippen LogP contribution >= 0.6 is 0 Å². The van der Waals surface area contributed by atoms with E-state index in [1.165, 1.54) is 89.9 Å². The highest BCUT2D eigenvalue weighted by molar-refractivity contribution is 4.93. The van der Waals surface area contributed by atoms with Crippen LogP contribution in [0.1, 0.15) is 96.8 Å². The number of unbranched alkanes of at least 4 members (excludes halogenated alkanes) is 11. The maximum Gasteiger partial charge on any atom is 0.0982 e. The fourth-order valence-corrected chi connectivity index (χ4v) is 3.45. The zero-order chi connectivity index (χ0) is 18.0. The second-order valence-electron chi connectivity index (χ2n) is 7.33. The first-order chi connectivity index (χ1) is 12.4. The Balaban J connectivity index is 1.81. The van der Waals surface area contributed by atoms with E-state index >= 15 is 0 Å². The Morgan fingerprint density at radius 2 is 1.48 bits per heavy atom. The molecule has 0 bridgehead atoms.